The standard InChI is InChI=1S/C12H13N3O2/c1-9(11-13-7-8-14-11)15-12(16)17-10-5-3-2-4-6-10/h2-9H,1H3,(H,13,14)(H,15,16). The molecule has 0 aliphatic rings. The zero-order valence-corrected chi connectivity index (χ0v) is 9.38. The van der Waals surface area contributed by atoms with Gasteiger partial charge in [0.1, 0.15) is 11.6 Å². The van der Waals surface area contributed by atoms with E-state index in [0.29, 0.717) is 11.6 Å². The minimum absolute atomic E-state index is 0.221. The molecule has 0 aliphatic heterocycles. The third-order valence-electron chi connectivity index (χ3n) is 2.22. The van der Waals surface area contributed by atoms with Gasteiger partial charge in [-0.1, -0.05) is 18.2 Å². The van der Waals surface area contributed by atoms with Crippen LogP contribution in [0.2, 0.25) is 0 Å². The van der Waals surface area contributed by atoms with Crippen molar-refractivity contribution >= 4 is 6.09 Å². The van der Waals surface area contributed by atoms with E-state index >= 15 is 0 Å². The number of aromatic amines is 1. The maximum atomic E-state index is 11.5. The van der Waals surface area contributed by atoms with Crippen molar-refractivity contribution in [3.63, 3.8) is 0 Å². The number of H-pyrrole nitrogens is 1. The van der Waals surface area contributed by atoms with Crippen LogP contribution in [0, 0.1) is 0 Å². The fourth-order valence-electron chi connectivity index (χ4n) is 1.38. The summed E-state index contributed by atoms with van der Waals surface area (Å²) in [5.74, 6) is 1.20. The molecule has 2 N–H and O–H groups in total. The van der Waals surface area contributed by atoms with Crippen molar-refractivity contribution in [2.45, 2.75) is 13.0 Å². The second-order valence-electron chi connectivity index (χ2n) is 3.54. The summed E-state index contributed by atoms with van der Waals surface area (Å²) >= 11 is 0. The second kappa shape index (κ2) is 5.16. The highest BCUT2D eigenvalue weighted by Gasteiger charge is 2.12. The number of hydrogen-bond donors (Lipinski definition) is 2. The minimum atomic E-state index is -0.500. The third kappa shape index (κ3) is 3.07. The van der Waals surface area contributed by atoms with Crippen LogP contribution in [0.25, 0.3) is 0 Å². The largest absolute Gasteiger partial charge is 0.413 e. The molecular weight excluding hydrogens is 218 g/mol. The maximum absolute atomic E-state index is 11.5. The molecule has 0 saturated heterocycles. The number of ether oxygens (including phenoxy) is 1. The molecule has 0 bridgehead atoms. The predicted molar refractivity (Wildman–Crippen MR) is 62.6 cm³/mol. The van der Waals surface area contributed by atoms with E-state index in [0.717, 1.165) is 0 Å². The van der Waals surface area contributed by atoms with Crippen molar-refractivity contribution in [2.24, 2.45) is 0 Å². The van der Waals surface area contributed by atoms with Crippen LogP contribution in [0.3, 0.4) is 0 Å². The monoisotopic (exact) mass is 231 g/mol. The summed E-state index contributed by atoms with van der Waals surface area (Å²) in [5.41, 5.74) is 0. The number of aromatic nitrogens is 2. The number of nitrogens with zero attached hydrogens (tertiary/aromatic N) is 1. The first-order valence-corrected chi connectivity index (χ1v) is 5.28. The molecule has 1 unspecified atom stereocenters. The van der Waals surface area contributed by atoms with Gasteiger partial charge in [0.2, 0.25) is 0 Å². The molecule has 1 aromatic heterocycles. The quantitative estimate of drug-likeness (QED) is 0.851. The first-order valence-electron chi connectivity index (χ1n) is 5.28. The smallest absolute Gasteiger partial charge is 0.410 e. The van der Waals surface area contributed by atoms with Gasteiger partial charge in [0.05, 0.1) is 6.04 Å². The summed E-state index contributed by atoms with van der Waals surface area (Å²) in [6.07, 6.45) is 2.84. The van der Waals surface area contributed by atoms with Gasteiger partial charge in [-0.3, -0.25) is 0 Å². The van der Waals surface area contributed by atoms with Gasteiger partial charge in [0.25, 0.3) is 0 Å². The molecule has 5 nitrogen and oxygen atoms in total. The highest BCUT2D eigenvalue weighted by molar-refractivity contribution is 5.70. The molecule has 0 saturated carbocycles. The van der Waals surface area contributed by atoms with Gasteiger partial charge in [-0.05, 0) is 19.1 Å². The number of amides is 1. The Morgan fingerprint density at radius 3 is 2.82 bits per heavy atom. The van der Waals surface area contributed by atoms with Crippen LogP contribution in [0.15, 0.2) is 42.7 Å². The summed E-state index contributed by atoms with van der Waals surface area (Å²) in [5, 5.41) is 2.68. The Bertz CT molecular complexity index is 468. The number of nitrogens with one attached hydrogen (secondary N) is 2. The Labute approximate surface area is 98.8 Å². The highest BCUT2D eigenvalue weighted by Crippen LogP contribution is 2.10. The average Bonchev–Trinajstić information content (AvgIpc) is 2.83. The van der Waals surface area contributed by atoms with Gasteiger partial charge >= 0.3 is 6.09 Å². The van der Waals surface area contributed by atoms with Crippen LogP contribution < -0.4 is 10.1 Å². The molecule has 5 heteroatoms. The van der Waals surface area contributed by atoms with Gasteiger partial charge < -0.3 is 15.0 Å². The molecule has 0 aliphatic carbocycles. The molecule has 2 aromatic rings. The molecule has 0 spiro atoms. The first-order chi connectivity index (χ1) is 8.25. The van der Waals surface area contributed by atoms with Crippen molar-refractivity contribution in [1.82, 2.24) is 15.3 Å². The van der Waals surface area contributed by atoms with Gasteiger partial charge in [-0.2, -0.15) is 0 Å². The highest BCUT2D eigenvalue weighted by atomic mass is 16.6. The number of para-hydroxylation sites is 1. The molecule has 1 aromatic carbocycles. The Balaban J connectivity index is 1.90. The lowest BCUT2D eigenvalue weighted by molar-refractivity contribution is 0.196. The van der Waals surface area contributed by atoms with E-state index in [4.69, 9.17) is 4.74 Å². The number of hydrogen-bond acceptors (Lipinski definition) is 3. The van der Waals surface area contributed by atoms with Crippen molar-refractivity contribution in [1.29, 1.82) is 0 Å². The van der Waals surface area contributed by atoms with Gasteiger partial charge in [0.15, 0.2) is 0 Å². The van der Waals surface area contributed by atoms with E-state index in [-0.39, 0.29) is 6.04 Å². The lowest BCUT2D eigenvalue weighted by atomic mass is 10.3. The van der Waals surface area contributed by atoms with Crippen molar-refractivity contribution < 1.29 is 9.53 Å². The molecule has 0 radical (unpaired) electrons. The van der Waals surface area contributed by atoms with E-state index in [9.17, 15) is 4.79 Å². The third-order valence-corrected chi connectivity index (χ3v) is 2.22. The van der Waals surface area contributed by atoms with Gasteiger partial charge in [-0.15, -0.1) is 0 Å². The predicted octanol–water partition coefficient (Wildman–Crippen LogP) is 2.26. The fourth-order valence-corrected chi connectivity index (χ4v) is 1.38. The van der Waals surface area contributed by atoms with Crippen LogP contribution in [0.1, 0.15) is 18.8 Å². The Morgan fingerprint density at radius 2 is 2.18 bits per heavy atom. The van der Waals surface area contributed by atoms with Crippen LogP contribution in [-0.4, -0.2) is 16.1 Å². The molecular formula is C12H13N3O2. The Hall–Kier alpha value is -2.30. The van der Waals surface area contributed by atoms with E-state index in [1.807, 2.05) is 13.0 Å². The Morgan fingerprint density at radius 1 is 1.41 bits per heavy atom. The van der Waals surface area contributed by atoms with Crippen molar-refractivity contribution in [3.05, 3.63) is 48.5 Å². The Kier molecular flexibility index (Phi) is 3.40. The number of carbonyl (C=O) groups excluding carboxylic acids is 1. The van der Waals surface area contributed by atoms with E-state index in [2.05, 4.69) is 15.3 Å². The van der Waals surface area contributed by atoms with Crippen LogP contribution in [-0.2, 0) is 0 Å². The lowest BCUT2D eigenvalue weighted by Crippen LogP contribution is -2.30. The molecule has 1 heterocycles. The fraction of sp³-hybridized carbons (Fsp3) is 0.167. The lowest BCUT2D eigenvalue weighted by Gasteiger charge is -2.11. The SMILES string of the molecule is CC(NC(=O)Oc1ccccc1)c1ncc[nH]1. The first kappa shape index (κ1) is 11.2. The zero-order valence-electron chi connectivity index (χ0n) is 9.38. The summed E-state index contributed by atoms with van der Waals surface area (Å²) in [7, 11) is 0. The molecule has 2 rings (SSSR count). The summed E-state index contributed by atoms with van der Waals surface area (Å²) in [6, 6.07) is 8.68. The van der Waals surface area contributed by atoms with Gasteiger partial charge in [-0.25, -0.2) is 9.78 Å². The van der Waals surface area contributed by atoms with E-state index in [1.54, 1.807) is 36.7 Å². The van der Waals surface area contributed by atoms with Crippen LogP contribution in [0.5, 0.6) is 5.75 Å². The topological polar surface area (TPSA) is 67.0 Å². The van der Waals surface area contributed by atoms with Gasteiger partial charge in [0, 0.05) is 12.4 Å². The molecule has 88 valence electrons. The van der Waals surface area contributed by atoms with Crippen LogP contribution in [0.4, 0.5) is 4.79 Å². The average molecular weight is 231 g/mol. The van der Waals surface area contributed by atoms with Crippen molar-refractivity contribution in [2.75, 3.05) is 0 Å². The maximum Gasteiger partial charge on any atom is 0.413 e. The molecule has 1 atom stereocenters. The van der Waals surface area contributed by atoms with Crippen molar-refractivity contribution in [3.8, 4) is 5.75 Å². The number of rotatable bonds is 3. The van der Waals surface area contributed by atoms with E-state index < -0.39 is 6.09 Å². The molecule has 17 heavy (non-hydrogen) atoms. The second-order valence-corrected chi connectivity index (χ2v) is 3.54. The zero-order chi connectivity index (χ0) is 12.1. The number of benzene rings is 1. The number of imidazole rings is 1. The normalized spacial score (nSPS) is 11.8. The summed E-state index contributed by atoms with van der Waals surface area (Å²) < 4.78 is 5.09. The summed E-state index contributed by atoms with van der Waals surface area (Å²) in [6.45, 7) is 1.82. The number of carbonyl (C=O) groups is 1. The molecule has 0 fully saturated rings. The van der Waals surface area contributed by atoms with Crippen LogP contribution >= 0.6 is 0 Å². The molecule has 1 amide bonds. The van der Waals surface area contributed by atoms with E-state index in [1.165, 1.54) is 0 Å². The summed E-state index contributed by atoms with van der Waals surface area (Å²) in [4.78, 5) is 18.5. The minimum Gasteiger partial charge on any atom is -0.410 e.